The lowest BCUT2D eigenvalue weighted by molar-refractivity contribution is -0.124. The highest BCUT2D eigenvalue weighted by Gasteiger charge is 2.36. The molecule has 0 radical (unpaired) electrons. The standard InChI is InChI=1S/C19H23N3O4/c1-24-16-5-4-15(22-18(23)19(20)6-9-25-10-7-19)11-17(16)26-13-14-3-2-8-21-12-14/h2-5,8,11-12H,6-7,9-10,13,20H2,1H3,(H,22,23). The molecule has 26 heavy (non-hydrogen) atoms. The Morgan fingerprint density at radius 3 is 2.81 bits per heavy atom. The summed E-state index contributed by atoms with van der Waals surface area (Å²) in [5, 5.41) is 2.87. The van der Waals surface area contributed by atoms with Gasteiger partial charge in [0.2, 0.25) is 5.91 Å². The molecule has 0 saturated carbocycles. The molecule has 7 heteroatoms. The SMILES string of the molecule is COc1ccc(NC(=O)C2(N)CCOCC2)cc1OCc1cccnc1. The number of ether oxygens (including phenoxy) is 3. The van der Waals surface area contributed by atoms with E-state index in [-0.39, 0.29) is 5.91 Å². The Labute approximate surface area is 152 Å². The minimum atomic E-state index is -0.908. The van der Waals surface area contributed by atoms with E-state index in [4.69, 9.17) is 19.9 Å². The summed E-state index contributed by atoms with van der Waals surface area (Å²) in [4.78, 5) is 16.6. The van der Waals surface area contributed by atoms with Crippen molar-refractivity contribution < 1.29 is 19.0 Å². The largest absolute Gasteiger partial charge is 0.493 e. The number of aromatic nitrogens is 1. The second-order valence-corrected chi connectivity index (χ2v) is 6.24. The fraction of sp³-hybridized carbons (Fsp3) is 0.368. The summed E-state index contributed by atoms with van der Waals surface area (Å²) >= 11 is 0. The van der Waals surface area contributed by atoms with Crippen molar-refractivity contribution in [2.24, 2.45) is 5.73 Å². The molecule has 0 spiro atoms. The zero-order valence-corrected chi connectivity index (χ0v) is 14.7. The summed E-state index contributed by atoms with van der Waals surface area (Å²) in [6, 6.07) is 9.02. The second-order valence-electron chi connectivity index (χ2n) is 6.24. The van der Waals surface area contributed by atoms with Crippen LogP contribution < -0.4 is 20.5 Å². The van der Waals surface area contributed by atoms with Crippen molar-refractivity contribution in [3.63, 3.8) is 0 Å². The molecule has 7 nitrogen and oxygen atoms in total. The Hall–Kier alpha value is -2.64. The third kappa shape index (κ3) is 4.30. The smallest absolute Gasteiger partial charge is 0.244 e. The number of nitrogens with one attached hydrogen (secondary N) is 1. The van der Waals surface area contributed by atoms with Crippen LogP contribution in [0.5, 0.6) is 11.5 Å². The molecule has 138 valence electrons. The van der Waals surface area contributed by atoms with Crippen LogP contribution in [-0.4, -0.2) is 36.8 Å². The van der Waals surface area contributed by atoms with Gasteiger partial charge in [0.05, 0.1) is 7.11 Å². The highest BCUT2D eigenvalue weighted by molar-refractivity contribution is 5.98. The molecule has 3 rings (SSSR count). The van der Waals surface area contributed by atoms with E-state index in [0.717, 1.165) is 5.56 Å². The number of rotatable bonds is 6. The maximum Gasteiger partial charge on any atom is 0.244 e. The van der Waals surface area contributed by atoms with Crippen molar-refractivity contribution in [1.82, 2.24) is 4.98 Å². The van der Waals surface area contributed by atoms with Crippen molar-refractivity contribution in [3.05, 3.63) is 48.3 Å². The molecule has 0 bridgehead atoms. The van der Waals surface area contributed by atoms with Gasteiger partial charge in [0, 0.05) is 42.9 Å². The first-order valence-corrected chi connectivity index (χ1v) is 8.48. The molecule has 1 aromatic carbocycles. The Kier molecular flexibility index (Phi) is 5.70. The van der Waals surface area contributed by atoms with Crippen LogP contribution in [0.15, 0.2) is 42.7 Å². The Balaban J connectivity index is 1.71. The number of hydrogen-bond acceptors (Lipinski definition) is 6. The van der Waals surface area contributed by atoms with Crippen molar-refractivity contribution in [3.8, 4) is 11.5 Å². The molecule has 0 aliphatic carbocycles. The molecular weight excluding hydrogens is 334 g/mol. The maximum atomic E-state index is 12.6. The predicted molar refractivity (Wildman–Crippen MR) is 97.2 cm³/mol. The van der Waals surface area contributed by atoms with Crippen LogP contribution >= 0.6 is 0 Å². The van der Waals surface area contributed by atoms with E-state index in [1.807, 2.05) is 12.1 Å². The summed E-state index contributed by atoms with van der Waals surface area (Å²) in [6.07, 6.45) is 4.44. The number of methoxy groups -OCH3 is 1. The Bertz CT molecular complexity index is 746. The summed E-state index contributed by atoms with van der Waals surface area (Å²) in [5.41, 5.74) is 6.86. The highest BCUT2D eigenvalue weighted by Crippen LogP contribution is 2.31. The van der Waals surface area contributed by atoms with Gasteiger partial charge in [-0.05, 0) is 31.0 Å². The van der Waals surface area contributed by atoms with Gasteiger partial charge >= 0.3 is 0 Å². The highest BCUT2D eigenvalue weighted by atomic mass is 16.5. The first kappa shape index (κ1) is 18.2. The Morgan fingerprint density at radius 2 is 2.12 bits per heavy atom. The minimum absolute atomic E-state index is 0.218. The van der Waals surface area contributed by atoms with Crippen LogP contribution in [0.3, 0.4) is 0 Å². The molecule has 1 aliphatic rings. The quantitative estimate of drug-likeness (QED) is 0.822. The van der Waals surface area contributed by atoms with Crippen LogP contribution in [0, 0.1) is 0 Å². The number of benzene rings is 1. The minimum Gasteiger partial charge on any atom is -0.493 e. The maximum absolute atomic E-state index is 12.6. The molecule has 0 atom stereocenters. The second kappa shape index (κ2) is 8.16. The van der Waals surface area contributed by atoms with E-state index in [9.17, 15) is 4.79 Å². The first-order chi connectivity index (χ1) is 12.6. The average Bonchev–Trinajstić information content (AvgIpc) is 2.68. The zero-order valence-electron chi connectivity index (χ0n) is 14.7. The van der Waals surface area contributed by atoms with Crippen LogP contribution in [0.25, 0.3) is 0 Å². The molecular formula is C19H23N3O4. The lowest BCUT2D eigenvalue weighted by Crippen LogP contribution is -2.54. The van der Waals surface area contributed by atoms with E-state index in [2.05, 4.69) is 10.3 Å². The number of nitrogens with zero attached hydrogens (tertiary/aromatic N) is 1. The van der Waals surface area contributed by atoms with Gasteiger partial charge in [-0.25, -0.2) is 0 Å². The summed E-state index contributed by atoms with van der Waals surface area (Å²) in [5.74, 6) is 0.900. The monoisotopic (exact) mass is 357 g/mol. The normalized spacial score (nSPS) is 15.9. The van der Waals surface area contributed by atoms with Crippen LogP contribution in [0.2, 0.25) is 0 Å². The first-order valence-electron chi connectivity index (χ1n) is 8.48. The van der Waals surface area contributed by atoms with Crippen LogP contribution in [0.1, 0.15) is 18.4 Å². The molecule has 2 heterocycles. The van der Waals surface area contributed by atoms with Gasteiger partial charge < -0.3 is 25.3 Å². The van der Waals surface area contributed by atoms with Crippen molar-refractivity contribution in [2.75, 3.05) is 25.6 Å². The molecule has 2 aromatic rings. The zero-order chi connectivity index (χ0) is 18.4. The summed E-state index contributed by atoms with van der Waals surface area (Å²) < 4.78 is 16.5. The molecule has 1 fully saturated rings. The van der Waals surface area contributed by atoms with E-state index in [1.54, 1.807) is 37.7 Å². The van der Waals surface area contributed by atoms with E-state index < -0.39 is 5.54 Å². The van der Waals surface area contributed by atoms with Crippen molar-refractivity contribution in [2.45, 2.75) is 25.0 Å². The predicted octanol–water partition coefficient (Wildman–Crippen LogP) is 2.12. The van der Waals surface area contributed by atoms with Gasteiger partial charge in [-0.3, -0.25) is 9.78 Å². The molecule has 3 N–H and O–H groups in total. The number of carbonyl (C=O) groups is 1. The lowest BCUT2D eigenvalue weighted by atomic mass is 9.90. The third-order valence-electron chi connectivity index (χ3n) is 4.38. The number of nitrogens with two attached hydrogens (primary N) is 1. The van der Waals surface area contributed by atoms with Crippen LogP contribution in [0.4, 0.5) is 5.69 Å². The lowest BCUT2D eigenvalue weighted by Gasteiger charge is -2.31. The number of hydrogen-bond donors (Lipinski definition) is 2. The topological polar surface area (TPSA) is 95.7 Å². The average molecular weight is 357 g/mol. The molecule has 1 saturated heterocycles. The van der Waals surface area contributed by atoms with Gasteiger partial charge in [-0.15, -0.1) is 0 Å². The van der Waals surface area contributed by atoms with E-state index >= 15 is 0 Å². The number of amides is 1. The Morgan fingerprint density at radius 1 is 1.31 bits per heavy atom. The number of anilines is 1. The van der Waals surface area contributed by atoms with Crippen molar-refractivity contribution >= 4 is 11.6 Å². The van der Waals surface area contributed by atoms with Gasteiger partial charge in [0.1, 0.15) is 12.1 Å². The fourth-order valence-electron chi connectivity index (χ4n) is 2.73. The molecule has 1 aliphatic heterocycles. The van der Waals surface area contributed by atoms with Gasteiger partial charge in [-0.1, -0.05) is 6.07 Å². The third-order valence-corrected chi connectivity index (χ3v) is 4.38. The fourth-order valence-corrected chi connectivity index (χ4v) is 2.73. The van der Waals surface area contributed by atoms with Gasteiger partial charge in [-0.2, -0.15) is 0 Å². The van der Waals surface area contributed by atoms with Gasteiger partial charge in [0.25, 0.3) is 0 Å². The molecule has 1 amide bonds. The number of pyridine rings is 1. The van der Waals surface area contributed by atoms with Gasteiger partial charge in [0.15, 0.2) is 11.5 Å². The van der Waals surface area contributed by atoms with Crippen LogP contribution in [-0.2, 0) is 16.1 Å². The van der Waals surface area contributed by atoms with Crippen molar-refractivity contribution in [1.29, 1.82) is 0 Å². The molecule has 1 aromatic heterocycles. The summed E-state index contributed by atoms with van der Waals surface area (Å²) in [6.45, 7) is 1.33. The van der Waals surface area contributed by atoms with E-state index in [1.165, 1.54) is 0 Å². The molecule has 0 unspecified atom stereocenters. The summed E-state index contributed by atoms with van der Waals surface area (Å²) in [7, 11) is 1.57. The van der Waals surface area contributed by atoms with E-state index in [0.29, 0.717) is 49.8 Å². The number of carbonyl (C=O) groups excluding carboxylic acids is 1.